The van der Waals surface area contributed by atoms with E-state index in [9.17, 15) is 4.79 Å². The normalized spacial score (nSPS) is 13.7. The van der Waals surface area contributed by atoms with Gasteiger partial charge < -0.3 is 14.8 Å². The van der Waals surface area contributed by atoms with Crippen molar-refractivity contribution in [2.24, 2.45) is 0 Å². The van der Waals surface area contributed by atoms with E-state index in [0.717, 1.165) is 16.2 Å². The zero-order valence-electron chi connectivity index (χ0n) is 12.8. The highest BCUT2D eigenvalue weighted by Crippen LogP contribution is 2.34. The predicted octanol–water partition coefficient (Wildman–Crippen LogP) is 4.28. The lowest BCUT2D eigenvalue weighted by Gasteiger charge is -2.16. The number of carbonyl (C=O) groups is 1. The quantitative estimate of drug-likeness (QED) is 0.837. The van der Waals surface area contributed by atoms with Gasteiger partial charge in [-0.05, 0) is 49.1 Å². The number of ether oxygens (including phenoxy) is 2. The van der Waals surface area contributed by atoms with E-state index in [4.69, 9.17) is 21.1 Å². The van der Waals surface area contributed by atoms with Crippen molar-refractivity contribution < 1.29 is 14.3 Å². The molecule has 1 aliphatic rings. The van der Waals surface area contributed by atoms with Gasteiger partial charge in [-0.2, -0.15) is 0 Å². The molecule has 120 valence electrons. The van der Waals surface area contributed by atoms with Gasteiger partial charge in [-0.15, -0.1) is 11.8 Å². The Bertz CT molecular complexity index is 751. The number of halogens is 1. The Morgan fingerprint density at radius 3 is 2.78 bits per heavy atom. The maximum Gasteiger partial charge on any atom is 0.253 e. The van der Waals surface area contributed by atoms with Gasteiger partial charge in [0.25, 0.3) is 5.91 Å². The molecule has 0 saturated carbocycles. The summed E-state index contributed by atoms with van der Waals surface area (Å²) in [6.45, 7) is 2.15. The van der Waals surface area contributed by atoms with Crippen molar-refractivity contribution >= 4 is 29.3 Å². The maximum atomic E-state index is 12.5. The number of hydrogen-bond donors (Lipinski definition) is 1. The summed E-state index contributed by atoms with van der Waals surface area (Å²) >= 11 is 7.72. The molecule has 0 radical (unpaired) electrons. The summed E-state index contributed by atoms with van der Waals surface area (Å²) in [6, 6.07) is 10.9. The molecule has 1 heterocycles. The second-order valence-electron chi connectivity index (χ2n) is 5.15. The molecule has 0 aliphatic carbocycles. The minimum atomic E-state index is -0.198. The summed E-state index contributed by atoms with van der Waals surface area (Å²) in [5.41, 5.74) is 1.42. The van der Waals surface area contributed by atoms with Gasteiger partial charge in [0.15, 0.2) is 11.5 Å². The minimum Gasteiger partial charge on any atom is -0.454 e. The van der Waals surface area contributed by atoms with Gasteiger partial charge in [-0.1, -0.05) is 17.7 Å². The third-order valence-electron chi connectivity index (χ3n) is 3.66. The van der Waals surface area contributed by atoms with Crippen molar-refractivity contribution in [3.05, 3.63) is 52.5 Å². The molecular formula is C17H16ClNO3S. The molecule has 4 nitrogen and oxygen atoms in total. The molecule has 1 amide bonds. The van der Waals surface area contributed by atoms with E-state index in [1.54, 1.807) is 23.9 Å². The van der Waals surface area contributed by atoms with E-state index >= 15 is 0 Å². The first-order chi connectivity index (χ1) is 11.1. The molecule has 1 N–H and O–H groups in total. The Morgan fingerprint density at radius 1 is 1.22 bits per heavy atom. The van der Waals surface area contributed by atoms with E-state index in [2.05, 4.69) is 5.32 Å². The molecule has 0 fully saturated rings. The lowest BCUT2D eigenvalue weighted by Crippen LogP contribution is -2.26. The van der Waals surface area contributed by atoms with Gasteiger partial charge >= 0.3 is 0 Å². The molecule has 3 rings (SSSR count). The zero-order valence-corrected chi connectivity index (χ0v) is 14.3. The van der Waals surface area contributed by atoms with Gasteiger partial charge in [0.1, 0.15) is 0 Å². The van der Waals surface area contributed by atoms with Crippen LogP contribution in [0.4, 0.5) is 0 Å². The van der Waals surface area contributed by atoms with E-state index in [-0.39, 0.29) is 18.7 Å². The summed E-state index contributed by atoms with van der Waals surface area (Å²) in [5.74, 6) is 1.23. The fourth-order valence-electron chi connectivity index (χ4n) is 2.35. The van der Waals surface area contributed by atoms with Crippen LogP contribution in [0.15, 0.2) is 41.3 Å². The first kappa shape index (κ1) is 16.0. The fourth-order valence-corrected chi connectivity index (χ4v) is 2.99. The molecule has 0 bridgehead atoms. The molecule has 0 saturated heterocycles. The molecule has 2 aromatic rings. The Hall–Kier alpha value is -1.85. The van der Waals surface area contributed by atoms with E-state index in [0.29, 0.717) is 16.3 Å². The van der Waals surface area contributed by atoms with Crippen LogP contribution in [-0.2, 0) is 0 Å². The number of hydrogen-bond acceptors (Lipinski definition) is 4. The Labute approximate surface area is 144 Å². The third kappa shape index (κ3) is 3.41. The lowest BCUT2D eigenvalue weighted by molar-refractivity contribution is 0.0939. The number of fused-ring (bicyclic) bond motifs is 1. The summed E-state index contributed by atoms with van der Waals surface area (Å²) < 4.78 is 10.7. The van der Waals surface area contributed by atoms with E-state index in [1.807, 2.05) is 37.4 Å². The van der Waals surface area contributed by atoms with Gasteiger partial charge in [0.2, 0.25) is 6.79 Å². The second-order valence-corrected chi connectivity index (χ2v) is 6.44. The predicted molar refractivity (Wildman–Crippen MR) is 91.7 cm³/mol. The van der Waals surface area contributed by atoms with Crippen LogP contribution in [0.2, 0.25) is 5.02 Å². The fraction of sp³-hybridized carbons (Fsp3) is 0.235. The Morgan fingerprint density at radius 2 is 2.00 bits per heavy atom. The smallest absolute Gasteiger partial charge is 0.253 e. The molecular weight excluding hydrogens is 334 g/mol. The lowest BCUT2D eigenvalue weighted by atomic mass is 10.1. The monoisotopic (exact) mass is 349 g/mol. The van der Waals surface area contributed by atoms with Crippen LogP contribution < -0.4 is 14.8 Å². The van der Waals surface area contributed by atoms with Gasteiger partial charge in [-0.25, -0.2) is 0 Å². The highest BCUT2D eigenvalue weighted by atomic mass is 35.5. The molecule has 0 aromatic heterocycles. The third-order valence-corrected chi connectivity index (χ3v) is 4.72. The number of rotatable bonds is 4. The van der Waals surface area contributed by atoms with Crippen LogP contribution in [0.1, 0.15) is 28.9 Å². The van der Waals surface area contributed by atoms with Crippen LogP contribution in [0, 0.1) is 0 Å². The average molecular weight is 350 g/mol. The van der Waals surface area contributed by atoms with Crippen molar-refractivity contribution in [2.75, 3.05) is 13.0 Å². The number of carbonyl (C=O) groups excluding carboxylic acids is 1. The van der Waals surface area contributed by atoms with Crippen molar-refractivity contribution in [3.8, 4) is 11.5 Å². The maximum absolute atomic E-state index is 12.5. The first-order valence-corrected chi connectivity index (χ1v) is 8.72. The summed E-state index contributed by atoms with van der Waals surface area (Å²) in [4.78, 5) is 13.5. The molecule has 2 aromatic carbocycles. The van der Waals surface area contributed by atoms with Crippen LogP contribution in [-0.4, -0.2) is 19.0 Å². The highest BCUT2D eigenvalue weighted by Gasteiger charge is 2.18. The van der Waals surface area contributed by atoms with Crippen molar-refractivity contribution in [2.45, 2.75) is 17.9 Å². The molecule has 0 spiro atoms. The molecule has 6 heteroatoms. The topological polar surface area (TPSA) is 47.6 Å². The second kappa shape index (κ2) is 6.72. The molecule has 1 unspecified atom stereocenters. The van der Waals surface area contributed by atoms with Crippen LogP contribution in [0.3, 0.4) is 0 Å². The van der Waals surface area contributed by atoms with Crippen molar-refractivity contribution in [1.82, 2.24) is 5.32 Å². The SMILES string of the molecule is CSc1ccc(Cl)c(C(=O)NC(C)c2ccc3c(c2)OCO3)c1. The van der Waals surface area contributed by atoms with Crippen molar-refractivity contribution in [1.29, 1.82) is 0 Å². The van der Waals surface area contributed by atoms with Gasteiger partial charge in [0, 0.05) is 4.90 Å². The van der Waals surface area contributed by atoms with Crippen LogP contribution in [0.5, 0.6) is 11.5 Å². The number of amides is 1. The van der Waals surface area contributed by atoms with Crippen LogP contribution >= 0.6 is 23.4 Å². The molecule has 23 heavy (non-hydrogen) atoms. The molecule has 1 aliphatic heterocycles. The number of thioether (sulfide) groups is 1. The summed E-state index contributed by atoms with van der Waals surface area (Å²) in [6.07, 6.45) is 1.96. The zero-order chi connectivity index (χ0) is 16.4. The first-order valence-electron chi connectivity index (χ1n) is 7.12. The highest BCUT2D eigenvalue weighted by molar-refractivity contribution is 7.98. The number of nitrogens with one attached hydrogen (secondary N) is 1. The van der Waals surface area contributed by atoms with Crippen molar-refractivity contribution in [3.63, 3.8) is 0 Å². The van der Waals surface area contributed by atoms with Gasteiger partial charge in [0.05, 0.1) is 16.6 Å². The van der Waals surface area contributed by atoms with E-state index < -0.39 is 0 Å². The van der Waals surface area contributed by atoms with Gasteiger partial charge in [-0.3, -0.25) is 4.79 Å². The summed E-state index contributed by atoms with van der Waals surface area (Å²) in [5, 5.41) is 3.41. The molecule has 1 atom stereocenters. The van der Waals surface area contributed by atoms with E-state index in [1.165, 1.54) is 0 Å². The number of benzene rings is 2. The van der Waals surface area contributed by atoms with Crippen LogP contribution in [0.25, 0.3) is 0 Å². The Balaban J connectivity index is 1.77. The summed E-state index contributed by atoms with van der Waals surface area (Å²) in [7, 11) is 0. The minimum absolute atomic E-state index is 0.175. The average Bonchev–Trinajstić information content (AvgIpc) is 3.02. The standard InChI is InChI=1S/C17H16ClNO3S/c1-10(11-3-6-15-16(7-11)22-9-21-15)19-17(20)13-8-12(23-2)4-5-14(13)18/h3-8,10H,9H2,1-2H3,(H,19,20). The Kier molecular flexibility index (Phi) is 4.68. The largest absolute Gasteiger partial charge is 0.454 e.